The molecule has 7 nitrogen and oxygen atoms in total. The van der Waals surface area contributed by atoms with E-state index in [1.807, 2.05) is 17.1 Å². The lowest BCUT2D eigenvalue weighted by Crippen LogP contribution is -2.34. The fourth-order valence-electron chi connectivity index (χ4n) is 3.23. The van der Waals surface area contributed by atoms with Gasteiger partial charge in [0.15, 0.2) is 0 Å². The summed E-state index contributed by atoms with van der Waals surface area (Å²) in [6.07, 6.45) is 0. The van der Waals surface area contributed by atoms with Crippen molar-refractivity contribution in [2.45, 2.75) is 6.92 Å². The number of hydrogen-bond acceptors (Lipinski definition) is 8. The number of carbonyl (C=O) groups excluding carboxylic acids is 2. The maximum absolute atomic E-state index is 12.9. The molecular weight excluding hydrogens is 408 g/mol. The number of anilines is 2. The molecule has 0 bridgehead atoms. The molecular formula is C20H20N4O3S2. The summed E-state index contributed by atoms with van der Waals surface area (Å²) < 4.78 is 4.73. The van der Waals surface area contributed by atoms with Crippen LogP contribution in [0.25, 0.3) is 10.9 Å². The molecule has 2 aromatic heterocycles. The van der Waals surface area contributed by atoms with E-state index in [0.717, 1.165) is 46.2 Å². The van der Waals surface area contributed by atoms with E-state index in [1.54, 1.807) is 35.6 Å². The number of amides is 1. The Morgan fingerprint density at radius 1 is 1.21 bits per heavy atom. The van der Waals surface area contributed by atoms with Gasteiger partial charge in [-0.2, -0.15) is 11.8 Å². The molecule has 0 radical (unpaired) electrons. The Balaban J connectivity index is 1.67. The van der Waals surface area contributed by atoms with Gasteiger partial charge in [0.1, 0.15) is 5.82 Å². The van der Waals surface area contributed by atoms with Crippen LogP contribution in [0.5, 0.6) is 0 Å². The lowest BCUT2D eigenvalue weighted by molar-refractivity contribution is 0.0600. The normalized spacial score (nSPS) is 14.1. The zero-order chi connectivity index (χ0) is 20.4. The third-order valence-corrected chi connectivity index (χ3v) is 6.51. The molecule has 3 heterocycles. The number of nitrogens with one attached hydrogen (secondary N) is 1. The number of nitrogens with zero attached hydrogens (tertiary/aromatic N) is 3. The van der Waals surface area contributed by atoms with Crippen LogP contribution in [-0.4, -0.2) is 53.5 Å². The topological polar surface area (TPSA) is 84.4 Å². The average Bonchev–Trinajstić information content (AvgIpc) is 3.14. The SMILES string of the molecule is COC(=O)c1cccc(NC(=O)c2nc(N3CCSCC3)c3c(C)scc3n2)c1. The van der Waals surface area contributed by atoms with E-state index in [9.17, 15) is 9.59 Å². The first-order valence-electron chi connectivity index (χ1n) is 9.15. The number of thiophene rings is 1. The third kappa shape index (κ3) is 4.06. The first kappa shape index (κ1) is 19.7. The first-order chi connectivity index (χ1) is 14.1. The molecule has 1 aliphatic rings. The van der Waals surface area contributed by atoms with Crippen molar-refractivity contribution < 1.29 is 14.3 Å². The minimum absolute atomic E-state index is 0.118. The smallest absolute Gasteiger partial charge is 0.337 e. The zero-order valence-corrected chi connectivity index (χ0v) is 17.7. The standard InChI is InChI=1S/C20H20N4O3S2/c1-12-16-15(11-29-12)22-17(23-18(16)24-6-8-28-9-7-24)19(25)21-14-5-3-4-13(10-14)20(26)27-2/h3-5,10-11H,6-9H2,1-2H3,(H,21,25). The van der Waals surface area contributed by atoms with Gasteiger partial charge in [0.25, 0.3) is 5.91 Å². The van der Waals surface area contributed by atoms with Crippen LogP contribution in [0.15, 0.2) is 29.6 Å². The highest BCUT2D eigenvalue weighted by molar-refractivity contribution is 7.99. The Kier molecular flexibility index (Phi) is 5.68. The number of benzene rings is 1. The molecule has 0 aliphatic carbocycles. The van der Waals surface area contributed by atoms with Gasteiger partial charge >= 0.3 is 5.97 Å². The molecule has 1 aromatic carbocycles. The second-order valence-electron chi connectivity index (χ2n) is 6.55. The van der Waals surface area contributed by atoms with Crippen molar-refractivity contribution in [3.8, 4) is 0 Å². The average molecular weight is 429 g/mol. The quantitative estimate of drug-likeness (QED) is 0.636. The molecule has 1 saturated heterocycles. The Morgan fingerprint density at radius 2 is 2.00 bits per heavy atom. The fraction of sp³-hybridized carbons (Fsp3) is 0.300. The van der Waals surface area contributed by atoms with Gasteiger partial charge in [-0.1, -0.05) is 6.07 Å². The number of methoxy groups -OCH3 is 1. The van der Waals surface area contributed by atoms with Gasteiger partial charge in [-0.3, -0.25) is 4.79 Å². The van der Waals surface area contributed by atoms with E-state index in [-0.39, 0.29) is 5.82 Å². The Bertz CT molecular complexity index is 1080. The van der Waals surface area contributed by atoms with Crippen LogP contribution < -0.4 is 10.2 Å². The molecule has 1 amide bonds. The lowest BCUT2D eigenvalue weighted by Gasteiger charge is -2.28. The first-order valence-corrected chi connectivity index (χ1v) is 11.2. The van der Waals surface area contributed by atoms with Crippen LogP contribution in [0.4, 0.5) is 11.5 Å². The minimum Gasteiger partial charge on any atom is -0.465 e. The number of hydrogen-bond donors (Lipinski definition) is 1. The summed E-state index contributed by atoms with van der Waals surface area (Å²) in [6.45, 7) is 3.85. The second-order valence-corrected chi connectivity index (χ2v) is 8.86. The minimum atomic E-state index is -0.460. The van der Waals surface area contributed by atoms with Crippen LogP contribution >= 0.6 is 23.1 Å². The maximum Gasteiger partial charge on any atom is 0.337 e. The van der Waals surface area contributed by atoms with Crippen LogP contribution in [0.1, 0.15) is 25.9 Å². The van der Waals surface area contributed by atoms with Crippen LogP contribution in [0.2, 0.25) is 0 Å². The lowest BCUT2D eigenvalue weighted by atomic mass is 10.2. The van der Waals surface area contributed by atoms with Gasteiger partial charge in [-0.15, -0.1) is 11.3 Å². The van der Waals surface area contributed by atoms with E-state index in [2.05, 4.69) is 27.1 Å². The Morgan fingerprint density at radius 3 is 2.76 bits per heavy atom. The number of thioether (sulfide) groups is 1. The summed E-state index contributed by atoms with van der Waals surface area (Å²) in [5, 5.41) is 5.77. The van der Waals surface area contributed by atoms with Gasteiger partial charge in [-0.25, -0.2) is 14.8 Å². The van der Waals surface area contributed by atoms with Crippen molar-refractivity contribution in [3.05, 3.63) is 45.9 Å². The van der Waals surface area contributed by atoms with Gasteiger partial charge < -0.3 is 15.0 Å². The molecule has 1 aliphatic heterocycles. The number of aryl methyl sites for hydroxylation is 1. The highest BCUT2D eigenvalue weighted by atomic mass is 32.2. The molecule has 9 heteroatoms. The van der Waals surface area contributed by atoms with E-state index < -0.39 is 11.9 Å². The largest absolute Gasteiger partial charge is 0.465 e. The summed E-state index contributed by atoms with van der Waals surface area (Å²) in [6, 6.07) is 6.59. The Labute approximate surface area is 176 Å². The van der Waals surface area contributed by atoms with Gasteiger partial charge in [0, 0.05) is 40.5 Å². The van der Waals surface area contributed by atoms with E-state index in [4.69, 9.17) is 4.74 Å². The summed E-state index contributed by atoms with van der Waals surface area (Å²) in [5.41, 5.74) is 1.63. The molecule has 0 atom stereocenters. The fourth-order valence-corrected chi connectivity index (χ4v) is 4.90. The van der Waals surface area contributed by atoms with Crippen LogP contribution in [0, 0.1) is 6.92 Å². The Hall–Kier alpha value is -2.65. The van der Waals surface area contributed by atoms with Gasteiger partial charge in [0.2, 0.25) is 5.82 Å². The summed E-state index contributed by atoms with van der Waals surface area (Å²) in [4.78, 5) is 37.1. The van der Waals surface area contributed by atoms with Gasteiger partial charge in [-0.05, 0) is 25.1 Å². The molecule has 29 heavy (non-hydrogen) atoms. The highest BCUT2D eigenvalue weighted by Gasteiger charge is 2.22. The van der Waals surface area contributed by atoms with Crippen LogP contribution in [-0.2, 0) is 4.74 Å². The van der Waals surface area contributed by atoms with Crippen molar-refractivity contribution in [1.82, 2.24) is 9.97 Å². The number of carbonyl (C=O) groups is 2. The van der Waals surface area contributed by atoms with Crippen molar-refractivity contribution in [2.24, 2.45) is 0 Å². The number of ether oxygens (including phenoxy) is 1. The van der Waals surface area contributed by atoms with Crippen molar-refractivity contribution >= 4 is 57.4 Å². The molecule has 0 spiro atoms. The number of fused-ring (bicyclic) bond motifs is 1. The van der Waals surface area contributed by atoms with Crippen LogP contribution in [0.3, 0.4) is 0 Å². The summed E-state index contributed by atoms with van der Waals surface area (Å²) >= 11 is 3.53. The van der Waals surface area contributed by atoms with E-state index >= 15 is 0 Å². The van der Waals surface area contributed by atoms with Crippen molar-refractivity contribution in [3.63, 3.8) is 0 Å². The maximum atomic E-state index is 12.9. The van der Waals surface area contributed by atoms with E-state index in [1.165, 1.54) is 7.11 Å². The molecule has 4 rings (SSSR count). The zero-order valence-electron chi connectivity index (χ0n) is 16.1. The summed E-state index contributed by atoms with van der Waals surface area (Å²) in [5.74, 6) is 2.14. The van der Waals surface area contributed by atoms with E-state index in [0.29, 0.717) is 11.3 Å². The molecule has 150 valence electrons. The second kappa shape index (κ2) is 8.38. The predicted octanol–water partition coefficient (Wildman–Crippen LogP) is 3.59. The third-order valence-electron chi connectivity index (χ3n) is 4.67. The monoisotopic (exact) mass is 428 g/mol. The molecule has 1 fully saturated rings. The number of rotatable bonds is 4. The predicted molar refractivity (Wildman–Crippen MR) is 117 cm³/mol. The summed E-state index contributed by atoms with van der Waals surface area (Å²) in [7, 11) is 1.32. The van der Waals surface area contributed by atoms with Crippen molar-refractivity contribution in [2.75, 3.05) is 41.9 Å². The number of aromatic nitrogens is 2. The van der Waals surface area contributed by atoms with Gasteiger partial charge in [0.05, 0.1) is 23.6 Å². The van der Waals surface area contributed by atoms with Crippen molar-refractivity contribution in [1.29, 1.82) is 0 Å². The highest BCUT2D eigenvalue weighted by Crippen LogP contribution is 2.32. The molecule has 0 saturated carbocycles. The number of esters is 1. The molecule has 0 unspecified atom stereocenters. The molecule has 1 N–H and O–H groups in total. The molecule has 3 aromatic rings.